The van der Waals surface area contributed by atoms with Crippen LogP contribution in [0.15, 0.2) is 170 Å². The predicted octanol–water partition coefficient (Wildman–Crippen LogP) is 12.7. The molecule has 5 heteroatoms. The molecule has 4 nitrogen and oxygen atoms in total. The van der Waals surface area contributed by atoms with Crippen LogP contribution in [-0.4, -0.2) is 19.6 Å². The molecule has 0 unspecified atom stereocenters. The molecule has 0 radical (unpaired) electrons. The SMILES string of the molecule is CC(C)(C)c1ccnc(-c2[c-]c(-c3cc(-c4ccccc4-c4cccc5c6ccccc6n(-c6ccccc6)c45)cc(-c4ccccc4O)n3)ccc2)c1.[Pt]. The molecule has 3 heterocycles. The van der Waals surface area contributed by atoms with Gasteiger partial charge in [-0.2, -0.15) is 0 Å². The van der Waals surface area contributed by atoms with Gasteiger partial charge in [-0.1, -0.05) is 135 Å². The van der Waals surface area contributed by atoms with Gasteiger partial charge in [0, 0.05) is 66.2 Å². The molecule has 0 saturated carbocycles. The second-order valence-corrected chi connectivity index (χ2v) is 14.7. The minimum absolute atomic E-state index is 0. The van der Waals surface area contributed by atoms with Crippen molar-refractivity contribution in [3.05, 3.63) is 182 Å². The fraction of sp³-hybridized carbons (Fsp3) is 0.0800. The Labute approximate surface area is 336 Å². The quantitative estimate of drug-likeness (QED) is 0.169. The van der Waals surface area contributed by atoms with Crippen molar-refractivity contribution < 1.29 is 26.2 Å². The van der Waals surface area contributed by atoms with E-state index in [1.807, 2.05) is 42.6 Å². The largest absolute Gasteiger partial charge is 0.507 e. The maximum Gasteiger partial charge on any atom is 0.124 e. The summed E-state index contributed by atoms with van der Waals surface area (Å²) in [6.07, 6.45) is 1.88. The van der Waals surface area contributed by atoms with E-state index in [-0.39, 0.29) is 32.2 Å². The van der Waals surface area contributed by atoms with Crippen LogP contribution in [0, 0.1) is 6.07 Å². The van der Waals surface area contributed by atoms with E-state index < -0.39 is 0 Å². The summed E-state index contributed by atoms with van der Waals surface area (Å²) in [5.41, 5.74) is 13.6. The van der Waals surface area contributed by atoms with Crippen LogP contribution in [0.25, 0.3) is 83.5 Å². The summed E-state index contributed by atoms with van der Waals surface area (Å²) in [7, 11) is 0. The smallest absolute Gasteiger partial charge is 0.124 e. The van der Waals surface area contributed by atoms with Crippen molar-refractivity contribution >= 4 is 21.8 Å². The summed E-state index contributed by atoms with van der Waals surface area (Å²) >= 11 is 0. The van der Waals surface area contributed by atoms with E-state index in [1.54, 1.807) is 6.07 Å². The third kappa shape index (κ3) is 6.68. The fourth-order valence-electron chi connectivity index (χ4n) is 7.52. The topological polar surface area (TPSA) is 50.9 Å². The van der Waals surface area contributed by atoms with Crippen LogP contribution in [0.4, 0.5) is 0 Å². The van der Waals surface area contributed by atoms with E-state index in [0.717, 1.165) is 61.5 Å². The number of para-hydroxylation sites is 4. The maximum atomic E-state index is 11.1. The van der Waals surface area contributed by atoms with Crippen LogP contribution in [0.1, 0.15) is 26.3 Å². The predicted molar refractivity (Wildman–Crippen MR) is 223 cm³/mol. The Hall–Kier alpha value is -6.09. The van der Waals surface area contributed by atoms with Gasteiger partial charge in [-0.05, 0) is 70.1 Å². The number of aromatic hydroxyl groups is 1. The first-order chi connectivity index (χ1) is 26.3. The van der Waals surface area contributed by atoms with Gasteiger partial charge in [-0.3, -0.25) is 9.97 Å². The second-order valence-electron chi connectivity index (χ2n) is 14.7. The average Bonchev–Trinajstić information content (AvgIpc) is 3.56. The normalized spacial score (nSPS) is 11.5. The summed E-state index contributed by atoms with van der Waals surface area (Å²) in [6.45, 7) is 6.63. The first-order valence-electron chi connectivity index (χ1n) is 18.3. The van der Waals surface area contributed by atoms with Crippen LogP contribution in [0.2, 0.25) is 0 Å². The molecule has 9 rings (SSSR count). The summed E-state index contributed by atoms with van der Waals surface area (Å²) in [6, 6.07) is 60.0. The minimum atomic E-state index is -0.00897. The Balaban J connectivity index is 0.00000427. The zero-order valence-corrected chi connectivity index (χ0v) is 33.0. The minimum Gasteiger partial charge on any atom is -0.507 e. The zero-order valence-electron chi connectivity index (χ0n) is 30.8. The molecular weight excluding hydrogens is 854 g/mol. The van der Waals surface area contributed by atoms with Crippen LogP contribution >= 0.6 is 0 Å². The summed E-state index contributed by atoms with van der Waals surface area (Å²) in [5.74, 6) is 0.180. The van der Waals surface area contributed by atoms with Crippen LogP contribution in [0.5, 0.6) is 5.75 Å². The third-order valence-electron chi connectivity index (χ3n) is 10.2. The Morgan fingerprint density at radius 3 is 1.95 bits per heavy atom. The number of pyridine rings is 2. The average molecular weight is 892 g/mol. The number of phenols is 1. The molecule has 0 aliphatic carbocycles. The van der Waals surface area contributed by atoms with E-state index in [2.05, 4.69) is 153 Å². The molecule has 0 saturated heterocycles. The fourth-order valence-corrected chi connectivity index (χ4v) is 7.52. The van der Waals surface area contributed by atoms with Gasteiger partial charge in [0.05, 0.1) is 16.7 Å². The van der Waals surface area contributed by atoms with Crippen molar-refractivity contribution in [2.45, 2.75) is 26.2 Å². The van der Waals surface area contributed by atoms with Crippen molar-refractivity contribution in [3.63, 3.8) is 0 Å². The van der Waals surface area contributed by atoms with Crippen molar-refractivity contribution in [1.82, 2.24) is 14.5 Å². The Kier molecular flexibility index (Phi) is 9.55. The van der Waals surface area contributed by atoms with Crippen molar-refractivity contribution in [2.24, 2.45) is 0 Å². The van der Waals surface area contributed by atoms with Crippen LogP contribution in [-0.2, 0) is 26.5 Å². The monoisotopic (exact) mass is 891 g/mol. The van der Waals surface area contributed by atoms with E-state index in [0.29, 0.717) is 11.3 Å². The number of benzene rings is 6. The third-order valence-corrected chi connectivity index (χ3v) is 10.2. The molecule has 0 fully saturated rings. The van der Waals surface area contributed by atoms with Crippen molar-refractivity contribution in [2.75, 3.05) is 0 Å². The van der Waals surface area contributed by atoms with Gasteiger partial charge in [-0.25, -0.2) is 0 Å². The van der Waals surface area contributed by atoms with Crippen LogP contribution in [0.3, 0.4) is 0 Å². The molecule has 0 spiro atoms. The summed E-state index contributed by atoms with van der Waals surface area (Å²) in [4.78, 5) is 9.90. The molecular formula is C50H38N3OPt-. The van der Waals surface area contributed by atoms with Crippen molar-refractivity contribution in [1.29, 1.82) is 0 Å². The Bertz CT molecular complexity index is 2830. The number of phenolic OH excluding ortho intramolecular Hbond substituents is 1. The van der Waals surface area contributed by atoms with Gasteiger partial charge in [0.15, 0.2) is 0 Å². The van der Waals surface area contributed by atoms with E-state index in [1.165, 1.54) is 16.3 Å². The van der Waals surface area contributed by atoms with E-state index in [4.69, 9.17) is 9.97 Å². The number of rotatable bonds is 6. The van der Waals surface area contributed by atoms with Crippen LogP contribution < -0.4 is 0 Å². The number of fused-ring (bicyclic) bond motifs is 3. The molecule has 0 atom stereocenters. The second kappa shape index (κ2) is 14.6. The maximum absolute atomic E-state index is 11.1. The van der Waals surface area contributed by atoms with Gasteiger partial charge in [0.1, 0.15) is 5.75 Å². The standard InChI is InChI=1S/C50H38N3O.Pt/c1-50(2,3)36-27-28-51-44(32-36)33-15-13-16-34(29-33)45-30-35(31-46(52-45)43-22-10-12-26-48(43)54)38-19-7-8-20-39(38)41-23-14-24-42-40-21-9-11-25-47(40)53(49(41)42)37-17-5-4-6-18-37;/h4-28,30-32,54H,1-3H3;/q-1;. The molecule has 0 aliphatic rings. The van der Waals surface area contributed by atoms with Gasteiger partial charge in [0.2, 0.25) is 0 Å². The number of hydrogen-bond acceptors (Lipinski definition) is 3. The number of nitrogens with zero attached hydrogens (tertiary/aromatic N) is 3. The van der Waals surface area contributed by atoms with E-state index >= 15 is 0 Å². The molecule has 9 aromatic rings. The Morgan fingerprint density at radius 2 is 1.16 bits per heavy atom. The first-order valence-corrected chi connectivity index (χ1v) is 18.3. The first kappa shape index (κ1) is 35.9. The zero-order chi connectivity index (χ0) is 36.8. The molecule has 0 aliphatic heterocycles. The molecule has 1 N–H and O–H groups in total. The summed E-state index contributed by atoms with van der Waals surface area (Å²) in [5, 5.41) is 13.5. The van der Waals surface area contributed by atoms with Gasteiger partial charge in [-0.15, -0.1) is 24.3 Å². The Morgan fingerprint density at radius 1 is 0.545 bits per heavy atom. The molecule has 3 aromatic heterocycles. The van der Waals surface area contributed by atoms with Crippen molar-refractivity contribution in [3.8, 4) is 67.5 Å². The number of hydrogen-bond donors (Lipinski definition) is 1. The summed E-state index contributed by atoms with van der Waals surface area (Å²) < 4.78 is 2.38. The van der Waals surface area contributed by atoms with Gasteiger partial charge >= 0.3 is 0 Å². The van der Waals surface area contributed by atoms with Gasteiger partial charge < -0.3 is 9.67 Å². The molecule has 0 bridgehead atoms. The molecule has 0 amide bonds. The molecule has 270 valence electrons. The van der Waals surface area contributed by atoms with E-state index in [9.17, 15) is 5.11 Å². The van der Waals surface area contributed by atoms with Gasteiger partial charge in [0.25, 0.3) is 0 Å². The number of aromatic nitrogens is 3. The molecule has 55 heavy (non-hydrogen) atoms. The molecule has 6 aromatic carbocycles.